The number of carbonyl (C=O) groups excluding carboxylic acids is 2. The maximum atomic E-state index is 13.2. The fourth-order valence-corrected chi connectivity index (χ4v) is 5.81. The molecule has 1 amide bonds. The molecule has 4 bridgehead atoms. The Kier molecular flexibility index (Phi) is 4.10. The van der Waals surface area contributed by atoms with Gasteiger partial charge in [-0.1, -0.05) is 30.3 Å². The van der Waals surface area contributed by atoms with Gasteiger partial charge in [-0.05, 0) is 50.4 Å². The smallest absolute Gasteiger partial charge is 0.313 e. The van der Waals surface area contributed by atoms with Gasteiger partial charge in [0.2, 0.25) is 6.10 Å². The van der Waals surface area contributed by atoms with Crippen LogP contribution in [0.1, 0.15) is 50.2 Å². The zero-order chi connectivity index (χ0) is 18.5. The van der Waals surface area contributed by atoms with Gasteiger partial charge in [-0.25, -0.2) is 0 Å². The molecule has 0 radical (unpaired) electrons. The minimum atomic E-state index is -0.929. The van der Waals surface area contributed by atoms with Crippen LogP contribution in [0.4, 0.5) is 0 Å². The molecule has 0 heterocycles. The number of hydrogen-bond donors (Lipinski definition) is 1. The van der Waals surface area contributed by atoms with E-state index in [4.69, 9.17) is 4.74 Å². The average molecular weight is 357 g/mol. The molecule has 1 aromatic rings. The fraction of sp³-hybridized carbons (Fsp3) is 0.619. The molecule has 5 heteroatoms. The maximum Gasteiger partial charge on any atom is 0.313 e. The topological polar surface area (TPSA) is 66.8 Å². The summed E-state index contributed by atoms with van der Waals surface area (Å²) >= 11 is 0. The van der Waals surface area contributed by atoms with Crippen LogP contribution in [0, 0.1) is 17.3 Å². The van der Waals surface area contributed by atoms with Crippen molar-refractivity contribution in [2.24, 2.45) is 17.3 Å². The third kappa shape index (κ3) is 2.92. The van der Waals surface area contributed by atoms with Crippen molar-refractivity contribution in [2.45, 2.75) is 50.2 Å². The lowest BCUT2D eigenvalue weighted by Crippen LogP contribution is -2.58. The van der Waals surface area contributed by atoms with Crippen molar-refractivity contribution in [3.05, 3.63) is 35.9 Å². The molecule has 0 spiro atoms. The van der Waals surface area contributed by atoms with Gasteiger partial charge in [-0.3, -0.25) is 9.59 Å². The van der Waals surface area contributed by atoms with E-state index < -0.39 is 17.1 Å². The van der Waals surface area contributed by atoms with Crippen molar-refractivity contribution in [3.63, 3.8) is 0 Å². The molecule has 4 aliphatic carbocycles. The first-order valence-corrected chi connectivity index (χ1v) is 9.50. The lowest BCUT2D eigenvalue weighted by Gasteiger charge is -2.58. The van der Waals surface area contributed by atoms with E-state index >= 15 is 0 Å². The van der Waals surface area contributed by atoms with Crippen LogP contribution < -0.4 is 0 Å². The van der Waals surface area contributed by atoms with Gasteiger partial charge < -0.3 is 14.7 Å². The number of esters is 1. The Morgan fingerprint density at radius 3 is 2.27 bits per heavy atom. The van der Waals surface area contributed by atoms with E-state index in [1.54, 1.807) is 14.1 Å². The van der Waals surface area contributed by atoms with Gasteiger partial charge in [0.05, 0.1) is 11.0 Å². The van der Waals surface area contributed by atoms with Gasteiger partial charge in [0, 0.05) is 19.7 Å². The van der Waals surface area contributed by atoms with Crippen LogP contribution in [0.3, 0.4) is 0 Å². The molecule has 4 fully saturated rings. The molecule has 5 rings (SSSR count). The van der Waals surface area contributed by atoms with Crippen molar-refractivity contribution in [3.8, 4) is 0 Å². The van der Waals surface area contributed by atoms with E-state index in [9.17, 15) is 14.7 Å². The van der Waals surface area contributed by atoms with Crippen LogP contribution >= 0.6 is 0 Å². The lowest BCUT2D eigenvalue weighted by molar-refractivity contribution is -0.201. The molecule has 0 saturated heterocycles. The Morgan fingerprint density at radius 1 is 1.12 bits per heavy atom. The minimum Gasteiger partial charge on any atom is -0.447 e. The predicted molar refractivity (Wildman–Crippen MR) is 96.0 cm³/mol. The number of benzene rings is 1. The van der Waals surface area contributed by atoms with E-state index in [1.165, 1.54) is 4.90 Å². The number of hydrogen-bond acceptors (Lipinski definition) is 4. The molecule has 4 aliphatic rings. The lowest BCUT2D eigenvalue weighted by atomic mass is 9.48. The van der Waals surface area contributed by atoms with Crippen LogP contribution in [0.25, 0.3) is 0 Å². The number of nitrogens with zero attached hydrogens (tertiary/aromatic N) is 1. The molecular formula is C21H27NO4. The second kappa shape index (κ2) is 6.08. The van der Waals surface area contributed by atoms with Crippen LogP contribution in [-0.2, 0) is 14.3 Å². The summed E-state index contributed by atoms with van der Waals surface area (Å²) in [6.07, 6.45) is 3.82. The third-order valence-corrected chi connectivity index (χ3v) is 6.46. The van der Waals surface area contributed by atoms with Gasteiger partial charge in [0.15, 0.2) is 0 Å². The van der Waals surface area contributed by atoms with E-state index in [2.05, 4.69) is 0 Å². The van der Waals surface area contributed by atoms with Crippen molar-refractivity contribution in [1.82, 2.24) is 4.90 Å². The zero-order valence-electron chi connectivity index (χ0n) is 15.5. The molecule has 3 atom stereocenters. The van der Waals surface area contributed by atoms with Gasteiger partial charge in [0.25, 0.3) is 5.91 Å². The summed E-state index contributed by atoms with van der Waals surface area (Å²) < 4.78 is 5.85. The van der Waals surface area contributed by atoms with Crippen molar-refractivity contribution in [2.75, 3.05) is 14.1 Å². The first kappa shape index (κ1) is 17.5. The van der Waals surface area contributed by atoms with Gasteiger partial charge >= 0.3 is 5.97 Å². The second-order valence-corrected chi connectivity index (χ2v) is 8.89. The Balaban J connectivity index is 1.60. The molecule has 0 aliphatic heterocycles. The van der Waals surface area contributed by atoms with E-state index in [0.717, 1.165) is 32.1 Å². The standard InChI is InChI=1S/C21H27NO4/c1-22(2)18(23)17(16-6-4-3-5-7-16)26-19(24)20-9-14-8-15(10-20)12-21(25,11-14)13-20/h3-7,14-15,17,25H,8-13H2,1-2H3/t14-,15-,17+,20?,21?/m1/s1. The SMILES string of the molecule is CN(C)C(=O)[C@@H](OC(=O)C12C[C@H]3C[C@@H](CC(O)(C3)C1)C2)c1ccccc1. The first-order chi connectivity index (χ1) is 12.3. The van der Waals surface area contributed by atoms with Crippen molar-refractivity contribution >= 4 is 11.9 Å². The van der Waals surface area contributed by atoms with E-state index in [0.29, 0.717) is 23.8 Å². The molecule has 5 nitrogen and oxygen atoms in total. The second-order valence-electron chi connectivity index (χ2n) is 8.89. The van der Waals surface area contributed by atoms with Gasteiger partial charge in [0.1, 0.15) is 0 Å². The summed E-state index contributed by atoms with van der Waals surface area (Å²) in [4.78, 5) is 27.4. The number of aliphatic hydroxyl groups is 1. The minimum absolute atomic E-state index is 0.243. The van der Waals surface area contributed by atoms with E-state index in [-0.39, 0.29) is 11.9 Å². The van der Waals surface area contributed by atoms with Crippen LogP contribution in [0.5, 0.6) is 0 Å². The molecule has 1 N–H and O–H groups in total. The predicted octanol–water partition coefficient (Wildman–Crippen LogP) is 2.69. The Labute approximate surface area is 154 Å². The summed E-state index contributed by atoms with van der Waals surface area (Å²) in [6, 6.07) is 9.18. The van der Waals surface area contributed by atoms with Crippen LogP contribution in [0.2, 0.25) is 0 Å². The molecular weight excluding hydrogens is 330 g/mol. The number of likely N-dealkylation sites (N-methyl/N-ethyl adjacent to an activating group) is 1. The molecule has 0 unspecified atom stereocenters. The number of amides is 1. The largest absolute Gasteiger partial charge is 0.447 e. The number of rotatable bonds is 4. The Hall–Kier alpha value is -1.88. The summed E-state index contributed by atoms with van der Waals surface area (Å²) in [6.45, 7) is 0. The molecule has 26 heavy (non-hydrogen) atoms. The maximum absolute atomic E-state index is 13.2. The fourth-order valence-electron chi connectivity index (χ4n) is 5.81. The Bertz CT molecular complexity index is 700. The summed E-state index contributed by atoms with van der Waals surface area (Å²) in [7, 11) is 3.33. The quantitative estimate of drug-likeness (QED) is 0.842. The highest BCUT2D eigenvalue weighted by molar-refractivity contribution is 5.86. The van der Waals surface area contributed by atoms with E-state index in [1.807, 2.05) is 30.3 Å². The zero-order valence-corrected chi connectivity index (χ0v) is 15.5. The number of ether oxygens (including phenoxy) is 1. The summed E-state index contributed by atoms with van der Waals surface area (Å²) in [5.74, 6) is 0.240. The summed E-state index contributed by atoms with van der Waals surface area (Å²) in [5.41, 5.74) is -0.669. The van der Waals surface area contributed by atoms with Crippen molar-refractivity contribution in [1.29, 1.82) is 0 Å². The monoisotopic (exact) mass is 357 g/mol. The van der Waals surface area contributed by atoms with Crippen molar-refractivity contribution < 1.29 is 19.4 Å². The molecule has 140 valence electrons. The molecule has 0 aromatic heterocycles. The summed E-state index contributed by atoms with van der Waals surface area (Å²) in [5, 5.41) is 10.9. The Morgan fingerprint density at radius 2 is 1.73 bits per heavy atom. The highest BCUT2D eigenvalue weighted by atomic mass is 16.5. The molecule has 4 saturated carbocycles. The number of carbonyl (C=O) groups is 2. The highest BCUT2D eigenvalue weighted by Crippen LogP contribution is 2.62. The van der Waals surface area contributed by atoms with Crippen LogP contribution in [0.15, 0.2) is 30.3 Å². The average Bonchev–Trinajstić information content (AvgIpc) is 2.57. The molecule has 1 aromatic carbocycles. The van der Waals surface area contributed by atoms with Gasteiger partial charge in [-0.2, -0.15) is 0 Å². The third-order valence-electron chi connectivity index (χ3n) is 6.46. The highest BCUT2D eigenvalue weighted by Gasteiger charge is 2.61. The van der Waals surface area contributed by atoms with Crippen LogP contribution in [-0.4, -0.2) is 41.6 Å². The van der Waals surface area contributed by atoms with Gasteiger partial charge in [-0.15, -0.1) is 0 Å². The normalized spacial score (nSPS) is 35.8. The first-order valence-electron chi connectivity index (χ1n) is 9.50.